The lowest BCUT2D eigenvalue weighted by molar-refractivity contribution is -0.136. The Labute approximate surface area is 164 Å². The van der Waals surface area contributed by atoms with E-state index in [4.69, 9.17) is 23.2 Å². The van der Waals surface area contributed by atoms with Crippen LogP contribution in [0.1, 0.15) is 60.4 Å². The second-order valence-electron chi connectivity index (χ2n) is 7.72. The van der Waals surface area contributed by atoms with E-state index < -0.39 is 5.92 Å². The maximum atomic E-state index is 13.4. The van der Waals surface area contributed by atoms with E-state index in [1.807, 2.05) is 4.90 Å². The van der Waals surface area contributed by atoms with Gasteiger partial charge in [0.15, 0.2) is 5.78 Å². The van der Waals surface area contributed by atoms with Gasteiger partial charge in [-0.15, -0.1) is 0 Å². The number of Topliss-reactive ketones (excluding diaryl/α,β-unsaturated/α-hetero) is 1. The minimum atomic E-state index is -0.411. The molecule has 0 saturated carbocycles. The van der Waals surface area contributed by atoms with Crippen LogP contribution in [0.5, 0.6) is 0 Å². The Morgan fingerprint density at radius 1 is 1.04 bits per heavy atom. The molecule has 1 amide bonds. The summed E-state index contributed by atoms with van der Waals surface area (Å²) in [5.74, 6) is -0.337. The van der Waals surface area contributed by atoms with Crippen LogP contribution in [0.4, 0.5) is 0 Å². The molecule has 1 aliphatic carbocycles. The van der Waals surface area contributed by atoms with Gasteiger partial charge >= 0.3 is 0 Å². The molecule has 140 valence electrons. The van der Waals surface area contributed by atoms with Crippen LogP contribution < -0.4 is 0 Å². The Morgan fingerprint density at radius 3 is 2.50 bits per heavy atom. The van der Waals surface area contributed by atoms with Crippen LogP contribution in [0.3, 0.4) is 0 Å². The Hall–Kier alpha value is -1.10. The number of carbonyl (C=O) groups excluding carboxylic acids is 2. The van der Waals surface area contributed by atoms with Crippen molar-refractivity contribution in [1.29, 1.82) is 0 Å². The van der Waals surface area contributed by atoms with Crippen molar-refractivity contribution in [3.8, 4) is 0 Å². The highest BCUT2D eigenvalue weighted by atomic mass is 35.5. The first kappa shape index (κ1) is 18.3. The van der Waals surface area contributed by atoms with Crippen LogP contribution in [-0.2, 0) is 4.79 Å². The van der Waals surface area contributed by atoms with Crippen LogP contribution in [0.15, 0.2) is 12.1 Å². The van der Waals surface area contributed by atoms with Crippen molar-refractivity contribution in [2.24, 2.45) is 0 Å². The van der Waals surface area contributed by atoms with Gasteiger partial charge in [-0.2, -0.15) is 0 Å². The number of benzene rings is 1. The van der Waals surface area contributed by atoms with Gasteiger partial charge in [0.1, 0.15) is 0 Å². The number of piperidine rings is 1. The predicted octanol–water partition coefficient (Wildman–Crippen LogP) is 4.14. The standard InChI is InChI=1S/C20H24Cl2N2O2/c21-17-9-14-15(10-18(17)22)19(25)11-16(14)20(26)24-8-2-1-5-13(24)12-23-6-3-4-7-23/h9-10,13,16H,1-8,11-12H2/t13-,16-/m1/s1. The molecule has 2 heterocycles. The number of hydrogen-bond donors (Lipinski definition) is 0. The third kappa shape index (κ3) is 3.39. The van der Waals surface area contributed by atoms with Crippen molar-refractivity contribution in [3.05, 3.63) is 33.3 Å². The number of nitrogens with zero attached hydrogens (tertiary/aromatic N) is 2. The van der Waals surface area contributed by atoms with E-state index in [1.165, 1.54) is 19.3 Å². The van der Waals surface area contributed by atoms with Gasteiger partial charge in [0.25, 0.3) is 0 Å². The van der Waals surface area contributed by atoms with Crippen LogP contribution in [0.25, 0.3) is 0 Å². The van der Waals surface area contributed by atoms with E-state index in [-0.39, 0.29) is 24.2 Å². The van der Waals surface area contributed by atoms with Crippen LogP contribution in [0.2, 0.25) is 10.0 Å². The normalized spacial score (nSPS) is 26.4. The van der Waals surface area contributed by atoms with Crippen molar-refractivity contribution in [3.63, 3.8) is 0 Å². The smallest absolute Gasteiger partial charge is 0.230 e. The fourth-order valence-electron chi connectivity index (χ4n) is 4.66. The summed E-state index contributed by atoms with van der Waals surface area (Å²) in [4.78, 5) is 30.3. The van der Waals surface area contributed by atoms with Gasteiger partial charge in [-0.1, -0.05) is 23.2 Å². The first-order valence-corrected chi connectivity index (χ1v) is 10.3. The highest BCUT2D eigenvalue weighted by Gasteiger charge is 2.40. The maximum absolute atomic E-state index is 13.4. The number of fused-ring (bicyclic) bond motifs is 1. The highest BCUT2D eigenvalue weighted by Crippen LogP contribution is 2.39. The molecular weight excluding hydrogens is 371 g/mol. The topological polar surface area (TPSA) is 40.6 Å². The molecule has 2 fully saturated rings. The summed E-state index contributed by atoms with van der Waals surface area (Å²) in [6.45, 7) is 4.02. The molecule has 4 nitrogen and oxygen atoms in total. The molecule has 3 aliphatic rings. The number of rotatable bonds is 3. The number of halogens is 2. The zero-order valence-electron chi connectivity index (χ0n) is 14.8. The first-order chi connectivity index (χ1) is 12.5. The minimum absolute atomic E-state index is 0.00924. The maximum Gasteiger partial charge on any atom is 0.230 e. The van der Waals surface area contributed by atoms with Gasteiger partial charge in [-0.05, 0) is 62.9 Å². The number of hydrogen-bond acceptors (Lipinski definition) is 3. The monoisotopic (exact) mass is 394 g/mol. The van der Waals surface area contributed by atoms with E-state index in [1.54, 1.807) is 12.1 Å². The van der Waals surface area contributed by atoms with E-state index >= 15 is 0 Å². The molecule has 0 unspecified atom stereocenters. The number of carbonyl (C=O) groups is 2. The van der Waals surface area contributed by atoms with E-state index in [2.05, 4.69) is 4.90 Å². The molecule has 0 N–H and O–H groups in total. The summed E-state index contributed by atoms with van der Waals surface area (Å²) in [6, 6.07) is 3.59. The number of amides is 1. The van der Waals surface area contributed by atoms with E-state index in [9.17, 15) is 9.59 Å². The van der Waals surface area contributed by atoms with Crippen molar-refractivity contribution in [2.45, 2.75) is 50.5 Å². The highest BCUT2D eigenvalue weighted by molar-refractivity contribution is 6.42. The molecule has 0 radical (unpaired) electrons. The SMILES string of the molecule is O=C1C[C@@H](C(=O)N2CCCC[C@@H]2CN2CCCC2)c2cc(Cl)c(Cl)cc21. The summed E-state index contributed by atoms with van der Waals surface area (Å²) < 4.78 is 0. The molecule has 1 aromatic carbocycles. The second-order valence-corrected chi connectivity index (χ2v) is 8.54. The lowest BCUT2D eigenvalue weighted by Crippen LogP contribution is -2.50. The molecule has 26 heavy (non-hydrogen) atoms. The van der Waals surface area contributed by atoms with Gasteiger partial charge in [0.05, 0.1) is 16.0 Å². The third-order valence-electron chi connectivity index (χ3n) is 6.03. The number of ketones is 1. The van der Waals surface area contributed by atoms with Gasteiger partial charge in [-0.25, -0.2) is 0 Å². The lowest BCUT2D eigenvalue weighted by atomic mass is 9.95. The Bertz CT molecular complexity index is 731. The minimum Gasteiger partial charge on any atom is -0.338 e. The first-order valence-electron chi connectivity index (χ1n) is 9.59. The van der Waals surface area contributed by atoms with Gasteiger partial charge in [-0.3, -0.25) is 9.59 Å². The average molecular weight is 395 g/mol. The fourth-order valence-corrected chi connectivity index (χ4v) is 5.00. The average Bonchev–Trinajstić information content (AvgIpc) is 3.24. The molecule has 2 saturated heterocycles. The molecule has 2 aliphatic heterocycles. The zero-order valence-corrected chi connectivity index (χ0v) is 16.4. The molecule has 4 rings (SSSR count). The molecule has 0 aromatic heterocycles. The Kier molecular flexibility index (Phi) is 5.27. The van der Waals surface area contributed by atoms with Crippen LogP contribution >= 0.6 is 23.2 Å². The van der Waals surface area contributed by atoms with Gasteiger partial charge in [0.2, 0.25) is 5.91 Å². The largest absolute Gasteiger partial charge is 0.338 e. The molecule has 0 bridgehead atoms. The lowest BCUT2D eigenvalue weighted by Gasteiger charge is -2.39. The summed E-state index contributed by atoms with van der Waals surface area (Å²) in [6.07, 6.45) is 6.00. The summed E-state index contributed by atoms with van der Waals surface area (Å²) in [5.41, 5.74) is 1.31. The molecule has 0 spiro atoms. The molecule has 6 heteroatoms. The van der Waals surface area contributed by atoms with Crippen LogP contribution in [-0.4, -0.2) is 53.7 Å². The van der Waals surface area contributed by atoms with Crippen molar-refractivity contribution < 1.29 is 9.59 Å². The Morgan fingerprint density at radius 2 is 1.73 bits per heavy atom. The quantitative estimate of drug-likeness (QED) is 0.773. The summed E-state index contributed by atoms with van der Waals surface area (Å²) in [5, 5.41) is 0.780. The summed E-state index contributed by atoms with van der Waals surface area (Å²) in [7, 11) is 0. The molecular formula is C20H24Cl2N2O2. The number of likely N-dealkylation sites (tertiary alicyclic amines) is 2. The van der Waals surface area contributed by atoms with E-state index in [0.29, 0.717) is 15.6 Å². The summed E-state index contributed by atoms with van der Waals surface area (Å²) >= 11 is 12.2. The fraction of sp³-hybridized carbons (Fsp3) is 0.600. The molecule has 2 atom stereocenters. The predicted molar refractivity (Wildman–Crippen MR) is 103 cm³/mol. The van der Waals surface area contributed by atoms with Crippen LogP contribution in [0, 0.1) is 0 Å². The van der Waals surface area contributed by atoms with E-state index in [0.717, 1.165) is 44.6 Å². The van der Waals surface area contributed by atoms with Crippen molar-refractivity contribution in [1.82, 2.24) is 9.80 Å². The Balaban J connectivity index is 1.56. The zero-order chi connectivity index (χ0) is 18.3. The van der Waals surface area contributed by atoms with Crippen molar-refractivity contribution in [2.75, 3.05) is 26.2 Å². The van der Waals surface area contributed by atoms with Gasteiger partial charge < -0.3 is 9.80 Å². The second kappa shape index (κ2) is 7.49. The molecule has 1 aromatic rings. The van der Waals surface area contributed by atoms with Gasteiger partial charge in [0, 0.05) is 31.1 Å². The van der Waals surface area contributed by atoms with Crippen molar-refractivity contribution >= 4 is 34.9 Å². The third-order valence-corrected chi connectivity index (χ3v) is 6.76.